The van der Waals surface area contributed by atoms with E-state index in [-0.39, 0.29) is 207 Å². The minimum absolute atomic E-state index is 0. The molecular formula is C97H174O16. The van der Waals surface area contributed by atoms with Crippen LogP contribution in [0.4, 0.5) is 0 Å². The van der Waals surface area contributed by atoms with Crippen LogP contribution < -0.4 is 0 Å². The van der Waals surface area contributed by atoms with Crippen molar-refractivity contribution in [2.75, 3.05) is 0 Å². The van der Waals surface area contributed by atoms with Crippen LogP contribution >= 0.6 is 0 Å². The molecular weight excluding hydrogens is 1420 g/mol. The molecule has 658 valence electrons. The first-order valence-corrected chi connectivity index (χ1v) is 43.3. The maximum Gasteiger partial charge on any atom is 0.311 e. The Morgan fingerprint density at radius 2 is 0.575 bits per heavy atom. The van der Waals surface area contributed by atoms with Crippen LogP contribution in [-0.4, -0.2) is 95.1 Å². The van der Waals surface area contributed by atoms with E-state index in [4.69, 9.17) is 37.9 Å². The molecule has 0 heterocycles. The van der Waals surface area contributed by atoms with Crippen molar-refractivity contribution in [3.8, 4) is 0 Å². The lowest BCUT2D eigenvalue weighted by Crippen LogP contribution is -2.57. The number of carbonyl (C=O) groups excluding carboxylic acids is 8. The van der Waals surface area contributed by atoms with Gasteiger partial charge in [-0.1, -0.05) is 114 Å². The second kappa shape index (κ2) is 41.2. The van der Waals surface area contributed by atoms with Gasteiger partial charge in [-0.05, 0) is 335 Å². The molecule has 0 N–H and O–H groups in total. The van der Waals surface area contributed by atoms with E-state index in [0.29, 0.717) is 29.6 Å². The zero-order valence-corrected chi connectivity index (χ0v) is 68.2. The minimum Gasteiger partial charge on any atom is -0.462 e. The Morgan fingerprint density at radius 3 is 0.850 bits per heavy atom. The predicted octanol–water partition coefficient (Wildman–Crippen LogP) is 24.6. The molecule has 0 spiro atoms. The number of fused-ring (bicyclic) bond motifs is 8. The Labute approximate surface area is 691 Å². The van der Waals surface area contributed by atoms with Crippen molar-refractivity contribution in [2.45, 2.75) is 455 Å². The topological polar surface area (TPSA) is 210 Å². The summed E-state index contributed by atoms with van der Waals surface area (Å²) >= 11 is 0. The van der Waals surface area contributed by atoms with Gasteiger partial charge in [0, 0.05) is 29.1 Å². The molecule has 0 saturated heterocycles. The average molecular weight is 1600 g/mol. The first-order chi connectivity index (χ1) is 49.5. The van der Waals surface area contributed by atoms with Crippen molar-refractivity contribution in [3.63, 3.8) is 0 Å². The number of rotatable bonds is 22. The first kappa shape index (κ1) is 103. The molecule has 15 fully saturated rings. The maximum atomic E-state index is 13.4. The Balaban J connectivity index is 0.000000382. The molecule has 0 aromatic heterocycles. The zero-order valence-electron chi connectivity index (χ0n) is 68.2. The smallest absolute Gasteiger partial charge is 0.311 e. The summed E-state index contributed by atoms with van der Waals surface area (Å²) in [5.74, 6) is 4.04. The summed E-state index contributed by atoms with van der Waals surface area (Å²) < 4.78 is 47.9. The molecule has 15 saturated carbocycles. The van der Waals surface area contributed by atoms with Gasteiger partial charge >= 0.3 is 47.8 Å². The van der Waals surface area contributed by atoms with Crippen molar-refractivity contribution in [1.29, 1.82) is 0 Å². The van der Waals surface area contributed by atoms with E-state index in [1.165, 1.54) is 44.9 Å². The molecule has 113 heavy (non-hydrogen) atoms. The van der Waals surface area contributed by atoms with E-state index < -0.39 is 21.7 Å². The van der Waals surface area contributed by atoms with Crippen LogP contribution in [0.5, 0.6) is 0 Å². The fraction of sp³-hybridized carbons (Fsp3) is 0.918. The van der Waals surface area contributed by atoms with Gasteiger partial charge in [0.1, 0.15) is 47.3 Å². The molecule has 0 amide bonds. The van der Waals surface area contributed by atoms with Crippen molar-refractivity contribution in [1.82, 2.24) is 0 Å². The second-order valence-electron chi connectivity index (χ2n) is 40.3. The lowest BCUT2D eigenvalue weighted by Gasteiger charge is -2.60. The number of esters is 8. The fourth-order valence-corrected chi connectivity index (χ4v) is 22.9. The van der Waals surface area contributed by atoms with Gasteiger partial charge in [0.05, 0.1) is 45.3 Å². The van der Waals surface area contributed by atoms with Crippen LogP contribution in [0.15, 0.2) is 0 Å². The molecule has 16 heteroatoms. The van der Waals surface area contributed by atoms with Gasteiger partial charge in [-0.25, -0.2) is 0 Å². The predicted molar refractivity (Wildman–Crippen MR) is 456 cm³/mol. The lowest BCUT2D eigenvalue weighted by molar-refractivity contribution is -0.201. The minimum atomic E-state index is -0.453. The number of ether oxygens (including phenoxy) is 8. The third-order valence-electron chi connectivity index (χ3n) is 31.3. The van der Waals surface area contributed by atoms with E-state index in [2.05, 4.69) is 27.7 Å². The van der Waals surface area contributed by atoms with E-state index in [0.717, 1.165) is 204 Å². The van der Waals surface area contributed by atoms with Crippen LogP contribution in [0, 0.1) is 116 Å². The molecule has 12 bridgehead atoms. The van der Waals surface area contributed by atoms with Gasteiger partial charge in [-0.15, -0.1) is 0 Å². The Bertz CT molecular complexity index is 3050. The average Bonchev–Trinajstić information content (AvgIpc) is 1.71. The highest BCUT2D eigenvalue weighted by atomic mass is 16.6. The molecule has 15 aliphatic rings. The molecule has 0 aromatic rings. The highest BCUT2D eigenvalue weighted by molar-refractivity contribution is 5.80. The number of hydrogen-bond acceptors (Lipinski definition) is 16. The summed E-state index contributed by atoms with van der Waals surface area (Å²) in [5.41, 5.74) is -2.37. The highest BCUT2D eigenvalue weighted by Crippen LogP contribution is 2.63. The maximum absolute atomic E-state index is 13.4. The first-order valence-electron chi connectivity index (χ1n) is 43.3. The summed E-state index contributed by atoms with van der Waals surface area (Å²) in [6, 6.07) is 0. The van der Waals surface area contributed by atoms with E-state index >= 15 is 0 Å². The molecule has 0 aromatic carbocycles. The van der Waals surface area contributed by atoms with Crippen molar-refractivity contribution in [2.24, 2.45) is 116 Å². The Hall–Kier alpha value is -4.24. The van der Waals surface area contributed by atoms with Crippen molar-refractivity contribution < 1.29 is 76.3 Å². The van der Waals surface area contributed by atoms with Crippen molar-refractivity contribution in [3.05, 3.63) is 0 Å². The third-order valence-corrected chi connectivity index (χ3v) is 31.3. The van der Waals surface area contributed by atoms with Gasteiger partial charge < -0.3 is 37.9 Å². The highest BCUT2D eigenvalue weighted by Gasteiger charge is 2.61. The van der Waals surface area contributed by atoms with Gasteiger partial charge in [0.15, 0.2) is 0 Å². The monoisotopic (exact) mass is 1600 g/mol. The van der Waals surface area contributed by atoms with Gasteiger partial charge in [0.2, 0.25) is 0 Å². The molecule has 0 radical (unpaired) electrons. The third kappa shape index (κ3) is 22.8. The van der Waals surface area contributed by atoms with Crippen LogP contribution in [-0.2, 0) is 76.3 Å². The molecule has 19 unspecified atom stereocenters. The van der Waals surface area contributed by atoms with Crippen molar-refractivity contribution >= 4 is 47.8 Å². The zero-order chi connectivity index (χ0) is 76.0. The lowest BCUT2D eigenvalue weighted by atomic mass is 9.47. The molecule has 19 atom stereocenters. The molecule has 15 rings (SSSR count). The Morgan fingerprint density at radius 1 is 0.301 bits per heavy atom. The van der Waals surface area contributed by atoms with E-state index in [1.54, 1.807) is 0 Å². The number of carbonyl (C=O) groups is 8. The summed E-state index contributed by atoms with van der Waals surface area (Å²) in [4.78, 5) is 102. The standard InChI is InChI=1S/C26H40O4.C22H36O4.C21H34O4.C20H32O4.8CH4/c1-5-25(3,4)24(28)29-21-12-15-10-19(21)20(11-15)23(27)30-22-18-8-16-7-17(9-18)14-26(22,6-2)13-16;1-5-21(3,4)20(24)25-18-14-15-12-16(18)17(13-15)19(23)26-22(6-2)10-8-7-9-11-22;1-5-20(2,3)19(23)24-17-13-14-11-15(17)16(12-14)18(22)25-21(4)9-7-6-8-10-21;1-5-19(2,3)18(22)23-16-12-13-10-14(16)15(11-13)17(21)24-20(4)8-6-7-9-20;;;;;;;;/h15-22H,5-14H2,1-4H3;15-18H,5-14H2,1-4H3;14-17H,5-13H2,1-4H3;13-16H,5-12H2,1-4H3;8*1H4. The van der Waals surface area contributed by atoms with Crippen LogP contribution in [0.25, 0.3) is 0 Å². The Kier molecular flexibility index (Phi) is 37.5. The van der Waals surface area contributed by atoms with Gasteiger partial charge in [-0.3, -0.25) is 38.4 Å². The van der Waals surface area contributed by atoms with Crippen LogP contribution in [0.1, 0.15) is 408 Å². The van der Waals surface area contributed by atoms with Crippen LogP contribution in [0.3, 0.4) is 0 Å². The van der Waals surface area contributed by atoms with Gasteiger partial charge in [0.25, 0.3) is 0 Å². The molecule has 15 aliphatic carbocycles. The summed E-state index contributed by atoms with van der Waals surface area (Å²) in [6.45, 7) is 32.1. The van der Waals surface area contributed by atoms with Gasteiger partial charge in [-0.2, -0.15) is 0 Å². The summed E-state index contributed by atoms with van der Waals surface area (Å²) in [7, 11) is 0. The SMILES string of the molecule is C.C.C.C.C.C.C.C.CCC(C)(C)C(=O)OC1CC2CC(C(=O)OC3(C)CCCC3)C1C2.CCC(C)(C)C(=O)OC1CC2CC(C(=O)OC3(C)CCCCC3)C1C2.CCC(C)(C)C(=O)OC1CC2CC(C(=O)OC3C4CC5CC(C4)CC3(CC)C5)C1C2.CCC1(OC(=O)C2CC3CC(OC(=O)C(C)(C)CC)C2C3)CCCCC1. The normalized spacial score (nSPS) is 34.7. The van der Waals surface area contributed by atoms with E-state index in [1.807, 2.05) is 83.1 Å². The summed E-state index contributed by atoms with van der Waals surface area (Å²) in [6.07, 6.45) is 37.9. The fourth-order valence-electron chi connectivity index (χ4n) is 22.9. The largest absolute Gasteiger partial charge is 0.462 e. The second-order valence-corrected chi connectivity index (χ2v) is 40.3. The summed E-state index contributed by atoms with van der Waals surface area (Å²) in [5, 5.41) is 0. The molecule has 0 aliphatic heterocycles. The molecule has 16 nitrogen and oxygen atoms in total. The quantitative estimate of drug-likeness (QED) is 0.0729. The number of hydrogen-bond donors (Lipinski definition) is 0. The van der Waals surface area contributed by atoms with E-state index in [9.17, 15) is 38.4 Å². The van der Waals surface area contributed by atoms with Crippen LogP contribution in [0.2, 0.25) is 0 Å².